The van der Waals surface area contributed by atoms with Gasteiger partial charge in [0, 0.05) is 44.0 Å². The smallest absolute Gasteiger partial charge is 0.266 e. The first-order valence-corrected chi connectivity index (χ1v) is 8.78. The van der Waals surface area contributed by atoms with E-state index in [-0.39, 0.29) is 5.56 Å². The van der Waals surface area contributed by atoms with Gasteiger partial charge in [-0.05, 0) is 37.7 Å². The van der Waals surface area contributed by atoms with Crippen LogP contribution in [0.3, 0.4) is 0 Å². The van der Waals surface area contributed by atoms with Crippen LogP contribution >= 0.6 is 0 Å². The van der Waals surface area contributed by atoms with E-state index >= 15 is 0 Å². The molecule has 0 bridgehead atoms. The summed E-state index contributed by atoms with van der Waals surface area (Å²) in [5.74, 6) is 1.63. The van der Waals surface area contributed by atoms with Crippen LogP contribution in [0.4, 0.5) is 5.82 Å². The Morgan fingerprint density at radius 3 is 2.60 bits per heavy atom. The standard InChI is InChI=1S/C18H20N6O/c19-11-16-18(21-8-7-20-16)23-9-5-13(6-10-23)12-24-17(25)4-3-15(22-24)14-1-2-14/h3-4,7-8,13-14H,1-2,5-6,9-10,12H2. The zero-order valence-corrected chi connectivity index (χ0v) is 14.0. The molecule has 7 heteroatoms. The highest BCUT2D eigenvalue weighted by atomic mass is 16.1. The first-order chi connectivity index (χ1) is 12.2. The second-order valence-corrected chi connectivity index (χ2v) is 6.82. The van der Waals surface area contributed by atoms with Gasteiger partial charge in [0.1, 0.15) is 6.07 Å². The molecule has 0 unspecified atom stereocenters. The van der Waals surface area contributed by atoms with Crippen molar-refractivity contribution in [3.8, 4) is 6.07 Å². The fourth-order valence-corrected chi connectivity index (χ4v) is 3.41. The van der Waals surface area contributed by atoms with Crippen LogP contribution in [-0.2, 0) is 6.54 Å². The lowest BCUT2D eigenvalue weighted by Crippen LogP contribution is -2.37. The van der Waals surface area contributed by atoms with Crippen LogP contribution in [-0.4, -0.2) is 32.8 Å². The second kappa shape index (κ2) is 6.63. The summed E-state index contributed by atoms with van der Waals surface area (Å²) in [5, 5.41) is 13.7. The molecule has 2 fully saturated rings. The SMILES string of the molecule is N#Cc1nccnc1N1CCC(Cn2nc(C3CC3)ccc2=O)CC1. The highest BCUT2D eigenvalue weighted by Crippen LogP contribution is 2.38. The predicted octanol–water partition coefficient (Wildman–Crippen LogP) is 1.70. The number of hydrogen-bond acceptors (Lipinski definition) is 6. The van der Waals surface area contributed by atoms with E-state index in [0.717, 1.165) is 31.6 Å². The molecule has 2 aromatic heterocycles. The van der Waals surface area contributed by atoms with Gasteiger partial charge in [-0.15, -0.1) is 0 Å². The average molecular weight is 336 g/mol. The van der Waals surface area contributed by atoms with E-state index in [0.29, 0.717) is 29.9 Å². The molecule has 0 atom stereocenters. The molecule has 1 saturated heterocycles. The fraction of sp³-hybridized carbons (Fsp3) is 0.500. The van der Waals surface area contributed by atoms with Gasteiger partial charge in [-0.25, -0.2) is 14.6 Å². The zero-order valence-electron chi connectivity index (χ0n) is 14.0. The van der Waals surface area contributed by atoms with Crippen molar-refractivity contribution in [2.24, 2.45) is 5.92 Å². The summed E-state index contributed by atoms with van der Waals surface area (Å²) in [7, 11) is 0. The Kier molecular flexibility index (Phi) is 4.18. The summed E-state index contributed by atoms with van der Waals surface area (Å²) >= 11 is 0. The second-order valence-electron chi connectivity index (χ2n) is 6.82. The molecule has 1 aliphatic carbocycles. The Balaban J connectivity index is 1.42. The molecule has 2 aromatic rings. The summed E-state index contributed by atoms with van der Waals surface area (Å²) in [5.41, 5.74) is 1.40. The van der Waals surface area contributed by atoms with Gasteiger partial charge in [0.2, 0.25) is 0 Å². The average Bonchev–Trinajstić information content (AvgIpc) is 3.49. The van der Waals surface area contributed by atoms with Crippen LogP contribution in [0.15, 0.2) is 29.3 Å². The predicted molar refractivity (Wildman–Crippen MR) is 92.2 cm³/mol. The Labute approximate surface area is 145 Å². The van der Waals surface area contributed by atoms with Crippen molar-refractivity contribution in [1.29, 1.82) is 5.26 Å². The van der Waals surface area contributed by atoms with E-state index in [9.17, 15) is 10.1 Å². The molecule has 7 nitrogen and oxygen atoms in total. The Bertz CT molecular complexity index is 858. The molecular weight excluding hydrogens is 316 g/mol. The molecule has 4 rings (SSSR count). The van der Waals surface area contributed by atoms with Gasteiger partial charge in [0.25, 0.3) is 5.56 Å². The van der Waals surface area contributed by atoms with Gasteiger partial charge in [-0.3, -0.25) is 4.79 Å². The number of anilines is 1. The minimum absolute atomic E-state index is 0.0208. The van der Waals surface area contributed by atoms with Gasteiger partial charge < -0.3 is 4.90 Å². The third-order valence-corrected chi connectivity index (χ3v) is 5.01. The molecule has 0 spiro atoms. The van der Waals surface area contributed by atoms with Crippen LogP contribution in [0.25, 0.3) is 0 Å². The molecule has 25 heavy (non-hydrogen) atoms. The Morgan fingerprint density at radius 1 is 1.12 bits per heavy atom. The molecule has 128 valence electrons. The van der Waals surface area contributed by atoms with Crippen LogP contribution in [0.1, 0.15) is 43.0 Å². The van der Waals surface area contributed by atoms with Gasteiger partial charge >= 0.3 is 0 Å². The van der Waals surface area contributed by atoms with Crippen molar-refractivity contribution >= 4 is 5.82 Å². The molecule has 0 aromatic carbocycles. The van der Waals surface area contributed by atoms with Crippen molar-refractivity contribution in [1.82, 2.24) is 19.7 Å². The van der Waals surface area contributed by atoms with E-state index in [1.807, 2.05) is 6.07 Å². The number of rotatable bonds is 4. The van der Waals surface area contributed by atoms with Crippen LogP contribution < -0.4 is 10.5 Å². The molecule has 0 amide bonds. The monoisotopic (exact) mass is 336 g/mol. The molecule has 3 heterocycles. The number of hydrogen-bond donors (Lipinski definition) is 0. The lowest BCUT2D eigenvalue weighted by atomic mass is 9.96. The van der Waals surface area contributed by atoms with E-state index in [1.165, 1.54) is 12.8 Å². The van der Waals surface area contributed by atoms with E-state index in [4.69, 9.17) is 0 Å². The first-order valence-electron chi connectivity index (χ1n) is 8.78. The highest BCUT2D eigenvalue weighted by Gasteiger charge is 2.27. The largest absolute Gasteiger partial charge is 0.354 e. The maximum absolute atomic E-state index is 12.1. The van der Waals surface area contributed by atoms with Crippen LogP contribution in [0.5, 0.6) is 0 Å². The molecule has 1 saturated carbocycles. The third-order valence-electron chi connectivity index (χ3n) is 5.01. The Morgan fingerprint density at radius 2 is 1.88 bits per heavy atom. The van der Waals surface area contributed by atoms with Gasteiger partial charge in [0.05, 0.1) is 5.69 Å². The summed E-state index contributed by atoms with van der Waals surface area (Å²) in [4.78, 5) is 22.6. The molecule has 2 aliphatic rings. The van der Waals surface area contributed by atoms with Crippen molar-refractivity contribution in [2.45, 2.75) is 38.1 Å². The molecular formula is C18H20N6O. The maximum atomic E-state index is 12.1. The van der Waals surface area contributed by atoms with Gasteiger partial charge in [-0.1, -0.05) is 0 Å². The zero-order chi connectivity index (χ0) is 17.2. The summed E-state index contributed by atoms with van der Waals surface area (Å²) < 4.78 is 1.64. The quantitative estimate of drug-likeness (QED) is 0.844. The molecule has 1 aliphatic heterocycles. The summed E-state index contributed by atoms with van der Waals surface area (Å²) in [6.45, 7) is 2.29. The lowest BCUT2D eigenvalue weighted by molar-refractivity contribution is 0.332. The van der Waals surface area contributed by atoms with Gasteiger partial charge in [0.15, 0.2) is 11.5 Å². The van der Waals surface area contributed by atoms with E-state index < -0.39 is 0 Å². The summed E-state index contributed by atoms with van der Waals surface area (Å²) in [6.07, 6.45) is 7.42. The maximum Gasteiger partial charge on any atom is 0.266 e. The van der Waals surface area contributed by atoms with Gasteiger partial charge in [-0.2, -0.15) is 10.4 Å². The molecule has 0 radical (unpaired) electrons. The summed E-state index contributed by atoms with van der Waals surface area (Å²) in [6, 6.07) is 5.62. The fourth-order valence-electron chi connectivity index (χ4n) is 3.41. The topological polar surface area (TPSA) is 87.7 Å². The Hall–Kier alpha value is -2.75. The molecule has 0 N–H and O–H groups in total. The van der Waals surface area contributed by atoms with E-state index in [2.05, 4.69) is 26.0 Å². The first kappa shape index (κ1) is 15.8. The minimum Gasteiger partial charge on any atom is -0.354 e. The minimum atomic E-state index is -0.0208. The van der Waals surface area contributed by atoms with Crippen LogP contribution in [0, 0.1) is 17.2 Å². The van der Waals surface area contributed by atoms with E-state index in [1.54, 1.807) is 23.1 Å². The van der Waals surface area contributed by atoms with Crippen molar-refractivity contribution in [3.05, 3.63) is 46.3 Å². The van der Waals surface area contributed by atoms with Crippen LogP contribution in [0.2, 0.25) is 0 Å². The highest BCUT2D eigenvalue weighted by molar-refractivity contribution is 5.49. The van der Waals surface area contributed by atoms with Crippen molar-refractivity contribution in [3.63, 3.8) is 0 Å². The third kappa shape index (κ3) is 3.38. The normalized spacial score (nSPS) is 18.1. The number of aromatic nitrogens is 4. The van der Waals surface area contributed by atoms with Crippen molar-refractivity contribution < 1.29 is 0 Å². The number of nitriles is 1. The lowest BCUT2D eigenvalue weighted by Gasteiger charge is -2.32. The van der Waals surface area contributed by atoms with Crippen molar-refractivity contribution in [2.75, 3.05) is 18.0 Å². The number of piperidine rings is 1. The number of nitrogens with zero attached hydrogens (tertiary/aromatic N) is 6.